The van der Waals surface area contributed by atoms with Gasteiger partial charge in [-0.05, 0) is 18.4 Å². The number of allylic oxidation sites excluding steroid dienone is 3. The molecular formula is C16H22. The van der Waals surface area contributed by atoms with Crippen LogP contribution < -0.4 is 0 Å². The maximum Gasteiger partial charge on any atom is -0.0257 e. The fourth-order valence-electron chi connectivity index (χ4n) is 1.64. The van der Waals surface area contributed by atoms with E-state index < -0.39 is 0 Å². The molecule has 0 heteroatoms. The summed E-state index contributed by atoms with van der Waals surface area (Å²) in [6.45, 7) is 4.46. The number of hydrogen-bond acceptors (Lipinski definition) is 0. The van der Waals surface area contributed by atoms with Crippen molar-refractivity contribution in [3.05, 3.63) is 53.6 Å². The summed E-state index contributed by atoms with van der Waals surface area (Å²) in [5, 5.41) is 0. The minimum atomic E-state index is 1.18. The Kier molecular flexibility index (Phi) is 6.32. The molecule has 1 aromatic carbocycles. The van der Waals surface area contributed by atoms with Crippen molar-refractivity contribution in [2.24, 2.45) is 0 Å². The van der Waals surface area contributed by atoms with Crippen molar-refractivity contribution in [3.63, 3.8) is 0 Å². The number of benzene rings is 1. The molecule has 0 N–H and O–H groups in total. The Morgan fingerprint density at radius 1 is 1.06 bits per heavy atom. The van der Waals surface area contributed by atoms with Crippen LogP contribution in [0.1, 0.15) is 45.1 Å². The summed E-state index contributed by atoms with van der Waals surface area (Å²) in [6.07, 6.45) is 11.6. The number of rotatable bonds is 6. The first-order valence-electron chi connectivity index (χ1n) is 6.29. The molecule has 0 aliphatic heterocycles. The summed E-state index contributed by atoms with van der Waals surface area (Å²) in [7, 11) is 0. The molecule has 0 aliphatic carbocycles. The summed E-state index contributed by atoms with van der Waals surface area (Å²) in [6, 6.07) is 10.5. The van der Waals surface area contributed by atoms with Crippen molar-refractivity contribution in [2.45, 2.75) is 39.5 Å². The van der Waals surface area contributed by atoms with Crippen LogP contribution in [-0.2, 0) is 0 Å². The molecule has 0 unspecified atom stereocenters. The van der Waals surface area contributed by atoms with Gasteiger partial charge in [-0.2, -0.15) is 0 Å². The fourth-order valence-corrected chi connectivity index (χ4v) is 1.64. The predicted octanol–water partition coefficient (Wildman–Crippen LogP) is 5.23. The molecule has 0 saturated carbocycles. The van der Waals surface area contributed by atoms with Gasteiger partial charge in [0.05, 0.1) is 0 Å². The average molecular weight is 214 g/mol. The molecule has 0 amide bonds. The van der Waals surface area contributed by atoms with Crippen LogP contribution in [0, 0.1) is 0 Å². The van der Waals surface area contributed by atoms with E-state index in [2.05, 4.69) is 62.4 Å². The Balaban J connectivity index is 2.64. The van der Waals surface area contributed by atoms with Crippen LogP contribution in [0.4, 0.5) is 0 Å². The molecular weight excluding hydrogens is 192 g/mol. The van der Waals surface area contributed by atoms with Crippen LogP contribution in [0.25, 0.3) is 6.08 Å². The average Bonchev–Trinajstić information content (AvgIpc) is 2.34. The lowest BCUT2D eigenvalue weighted by Gasteiger charge is -1.99. The van der Waals surface area contributed by atoms with E-state index in [0.29, 0.717) is 0 Å². The van der Waals surface area contributed by atoms with Crippen LogP contribution >= 0.6 is 0 Å². The van der Waals surface area contributed by atoms with Crippen molar-refractivity contribution in [3.8, 4) is 0 Å². The van der Waals surface area contributed by atoms with Crippen molar-refractivity contribution in [1.29, 1.82) is 0 Å². The van der Waals surface area contributed by atoms with Crippen molar-refractivity contribution >= 4 is 6.08 Å². The summed E-state index contributed by atoms with van der Waals surface area (Å²) < 4.78 is 0. The van der Waals surface area contributed by atoms with E-state index in [1.54, 1.807) is 0 Å². The van der Waals surface area contributed by atoms with Gasteiger partial charge in [-0.25, -0.2) is 0 Å². The highest BCUT2D eigenvalue weighted by Gasteiger charge is 1.90. The highest BCUT2D eigenvalue weighted by atomic mass is 14.0. The second-order valence-electron chi connectivity index (χ2n) is 4.06. The van der Waals surface area contributed by atoms with E-state index >= 15 is 0 Å². The number of unbranched alkanes of at least 4 members (excludes halogenated alkanes) is 1. The molecule has 0 saturated heterocycles. The molecule has 0 bridgehead atoms. The van der Waals surface area contributed by atoms with E-state index in [4.69, 9.17) is 0 Å². The minimum Gasteiger partial charge on any atom is -0.0813 e. The Labute approximate surface area is 99.7 Å². The van der Waals surface area contributed by atoms with E-state index in [-0.39, 0.29) is 0 Å². The van der Waals surface area contributed by atoms with Gasteiger partial charge < -0.3 is 0 Å². The Morgan fingerprint density at radius 3 is 2.44 bits per heavy atom. The largest absolute Gasteiger partial charge is 0.0813 e. The van der Waals surface area contributed by atoms with E-state index in [0.717, 1.165) is 0 Å². The maximum absolute atomic E-state index is 2.36. The normalized spacial score (nSPS) is 12.2. The summed E-state index contributed by atoms with van der Waals surface area (Å²) in [5.41, 5.74) is 2.74. The molecule has 1 aromatic rings. The van der Waals surface area contributed by atoms with E-state index in [1.807, 2.05) is 0 Å². The van der Waals surface area contributed by atoms with Crippen LogP contribution in [0.5, 0.6) is 0 Å². The molecule has 1 rings (SSSR count). The number of hydrogen-bond donors (Lipinski definition) is 0. The summed E-state index contributed by atoms with van der Waals surface area (Å²) >= 11 is 0. The first-order chi connectivity index (χ1) is 7.86. The van der Waals surface area contributed by atoms with Crippen molar-refractivity contribution in [2.75, 3.05) is 0 Å². The summed E-state index contributed by atoms with van der Waals surface area (Å²) in [4.78, 5) is 0. The van der Waals surface area contributed by atoms with Crippen molar-refractivity contribution in [1.82, 2.24) is 0 Å². The standard InChI is InChI=1S/C16H22/c1-3-5-10-15(9-4-2)13-14-16-11-7-6-8-12-16/h6-8,10-14H,3-5,9H2,1-2H3/b14-13+,15-10+. The fraction of sp³-hybridized carbons (Fsp3) is 0.375. The quantitative estimate of drug-likeness (QED) is 0.569. The molecule has 0 heterocycles. The zero-order valence-electron chi connectivity index (χ0n) is 10.4. The lowest BCUT2D eigenvalue weighted by molar-refractivity contribution is 0.895. The van der Waals surface area contributed by atoms with E-state index in [9.17, 15) is 0 Å². The van der Waals surface area contributed by atoms with Gasteiger partial charge in [0.25, 0.3) is 0 Å². The first kappa shape index (κ1) is 12.8. The predicted molar refractivity (Wildman–Crippen MR) is 73.4 cm³/mol. The first-order valence-corrected chi connectivity index (χ1v) is 6.29. The van der Waals surface area contributed by atoms with Crippen LogP contribution in [0.15, 0.2) is 48.1 Å². The van der Waals surface area contributed by atoms with Crippen LogP contribution in [0.3, 0.4) is 0 Å². The molecule has 16 heavy (non-hydrogen) atoms. The Morgan fingerprint density at radius 2 is 1.81 bits per heavy atom. The van der Waals surface area contributed by atoms with Gasteiger partial charge in [0, 0.05) is 0 Å². The van der Waals surface area contributed by atoms with Gasteiger partial charge in [-0.3, -0.25) is 0 Å². The second kappa shape index (κ2) is 7.92. The molecule has 0 aliphatic rings. The highest BCUT2D eigenvalue weighted by Crippen LogP contribution is 2.11. The third kappa shape index (κ3) is 4.97. The lowest BCUT2D eigenvalue weighted by Crippen LogP contribution is -1.79. The SMILES string of the molecule is CCC/C=C(/C=C/c1ccccc1)CCC. The molecule has 0 atom stereocenters. The van der Waals surface area contributed by atoms with E-state index in [1.165, 1.54) is 36.8 Å². The third-order valence-corrected chi connectivity index (χ3v) is 2.52. The van der Waals surface area contributed by atoms with Crippen molar-refractivity contribution < 1.29 is 0 Å². The topological polar surface area (TPSA) is 0 Å². The van der Waals surface area contributed by atoms with Gasteiger partial charge in [0.2, 0.25) is 0 Å². The zero-order chi connectivity index (χ0) is 11.6. The van der Waals surface area contributed by atoms with Gasteiger partial charge in [-0.15, -0.1) is 0 Å². The monoisotopic (exact) mass is 214 g/mol. The molecule has 0 nitrogen and oxygen atoms in total. The van der Waals surface area contributed by atoms with Crippen LogP contribution in [0.2, 0.25) is 0 Å². The minimum absolute atomic E-state index is 1.18. The third-order valence-electron chi connectivity index (χ3n) is 2.52. The Bertz CT molecular complexity index is 330. The lowest BCUT2D eigenvalue weighted by atomic mass is 10.1. The van der Waals surface area contributed by atoms with Gasteiger partial charge in [0.1, 0.15) is 0 Å². The van der Waals surface area contributed by atoms with Gasteiger partial charge in [-0.1, -0.05) is 80.8 Å². The summed E-state index contributed by atoms with van der Waals surface area (Å²) in [5.74, 6) is 0. The highest BCUT2D eigenvalue weighted by molar-refractivity contribution is 5.52. The molecule has 0 aromatic heterocycles. The molecule has 0 spiro atoms. The smallest absolute Gasteiger partial charge is 0.0257 e. The second-order valence-corrected chi connectivity index (χ2v) is 4.06. The van der Waals surface area contributed by atoms with Crippen LogP contribution in [-0.4, -0.2) is 0 Å². The van der Waals surface area contributed by atoms with Gasteiger partial charge >= 0.3 is 0 Å². The zero-order valence-corrected chi connectivity index (χ0v) is 10.4. The Hall–Kier alpha value is -1.30. The molecule has 0 radical (unpaired) electrons. The van der Waals surface area contributed by atoms with Gasteiger partial charge in [0.15, 0.2) is 0 Å². The molecule has 0 fully saturated rings. The molecule has 86 valence electrons. The maximum atomic E-state index is 2.36.